The third-order valence-corrected chi connectivity index (χ3v) is 4.08. The van der Waals surface area contributed by atoms with Gasteiger partial charge in [0.2, 0.25) is 5.91 Å². The van der Waals surface area contributed by atoms with E-state index in [4.69, 9.17) is 4.74 Å². The monoisotopic (exact) mass is 305 g/mol. The van der Waals surface area contributed by atoms with Crippen molar-refractivity contribution in [2.24, 2.45) is 0 Å². The lowest BCUT2D eigenvalue weighted by Crippen LogP contribution is -2.36. The van der Waals surface area contributed by atoms with E-state index in [1.807, 2.05) is 18.2 Å². The molecule has 0 unspecified atom stereocenters. The summed E-state index contributed by atoms with van der Waals surface area (Å²) in [4.78, 5) is 16.7. The Kier molecular flexibility index (Phi) is 6.68. The van der Waals surface area contributed by atoms with Crippen molar-refractivity contribution in [2.45, 2.75) is 20.3 Å². The van der Waals surface area contributed by atoms with Gasteiger partial charge < -0.3 is 19.9 Å². The van der Waals surface area contributed by atoms with E-state index in [9.17, 15) is 4.79 Å². The molecule has 0 bridgehead atoms. The van der Waals surface area contributed by atoms with Crippen molar-refractivity contribution in [1.82, 2.24) is 4.90 Å². The van der Waals surface area contributed by atoms with Crippen LogP contribution in [0.5, 0.6) is 0 Å². The van der Waals surface area contributed by atoms with Crippen LogP contribution >= 0.6 is 0 Å². The van der Waals surface area contributed by atoms with Crippen molar-refractivity contribution < 1.29 is 9.53 Å². The van der Waals surface area contributed by atoms with Crippen LogP contribution in [0.3, 0.4) is 0 Å². The van der Waals surface area contributed by atoms with E-state index in [2.05, 4.69) is 35.0 Å². The summed E-state index contributed by atoms with van der Waals surface area (Å²) >= 11 is 0. The minimum Gasteiger partial charge on any atom is -0.378 e. The maximum absolute atomic E-state index is 12.2. The highest BCUT2D eigenvalue weighted by Gasteiger charge is 2.15. The van der Waals surface area contributed by atoms with Crippen LogP contribution in [-0.2, 0) is 9.53 Å². The van der Waals surface area contributed by atoms with Crippen molar-refractivity contribution in [3.8, 4) is 0 Å². The fraction of sp³-hybridized carbons (Fsp3) is 0.588. The molecule has 122 valence electrons. The largest absolute Gasteiger partial charge is 0.378 e. The highest BCUT2D eigenvalue weighted by atomic mass is 16.5. The van der Waals surface area contributed by atoms with Crippen LogP contribution < -0.4 is 10.2 Å². The van der Waals surface area contributed by atoms with Gasteiger partial charge in [0.1, 0.15) is 0 Å². The Balaban J connectivity index is 1.95. The summed E-state index contributed by atoms with van der Waals surface area (Å²) in [6, 6.07) is 8.01. The number of rotatable bonds is 7. The fourth-order valence-corrected chi connectivity index (χ4v) is 2.67. The van der Waals surface area contributed by atoms with Crippen molar-refractivity contribution in [2.75, 3.05) is 56.2 Å². The summed E-state index contributed by atoms with van der Waals surface area (Å²) in [6.45, 7) is 10.2. The molecule has 5 nitrogen and oxygen atoms in total. The highest BCUT2D eigenvalue weighted by Crippen LogP contribution is 2.26. The van der Waals surface area contributed by atoms with Crippen molar-refractivity contribution in [1.29, 1.82) is 0 Å². The number of hydrogen-bond acceptors (Lipinski definition) is 4. The number of anilines is 2. The number of amides is 1. The van der Waals surface area contributed by atoms with E-state index in [1.165, 1.54) is 0 Å². The van der Waals surface area contributed by atoms with E-state index < -0.39 is 0 Å². The Bertz CT molecular complexity index is 469. The predicted octanol–water partition coefficient (Wildman–Crippen LogP) is 2.19. The molecule has 0 radical (unpaired) electrons. The molecule has 1 N–H and O–H groups in total. The predicted molar refractivity (Wildman–Crippen MR) is 90.5 cm³/mol. The molecule has 1 aromatic rings. The second kappa shape index (κ2) is 8.76. The summed E-state index contributed by atoms with van der Waals surface area (Å²) in [5.41, 5.74) is 1.98. The number of nitrogens with one attached hydrogen (secondary N) is 1. The van der Waals surface area contributed by atoms with Crippen LogP contribution in [0, 0.1) is 0 Å². The quantitative estimate of drug-likeness (QED) is 0.839. The molecule has 0 aliphatic carbocycles. The van der Waals surface area contributed by atoms with Crippen LogP contribution in [0.15, 0.2) is 24.3 Å². The molecule has 0 aromatic heterocycles. The van der Waals surface area contributed by atoms with Gasteiger partial charge in [-0.05, 0) is 25.2 Å². The zero-order valence-electron chi connectivity index (χ0n) is 13.7. The Morgan fingerprint density at radius 2 is 1.91 bits per heavy atom. The van der Waals surface area contributed by atoms with Gasteiger partial charge in [0.25, 0.3) is 0 Å². The minimum atomic E-state index is 0.0765. The van der Waals surface area contributed by atoms with Gasteiger partial charge in [-0.1, -0.05) is 26.0 Å². The number of hydrogen-bond donors (Lipinski definition) is 1. The molecule has 5 heteroatoms. The Labute approximate surface area is 133 Å². The zero-order chi connectivity index (χ0) is 15.8. The summed E-state index contributed by atoms with van der Waals surface area (Å²) in [5.74, 6) is 0.0765. The number of para-hydroxylation sites is 2. The lowest BCUT2D eigenvalue weighted by molar-refractivity contribution is -0.116. The molecular weight excluding hydrogens is 278 g/mol. The van der Waals surface area contributed by atoms with Crippen LogP contribution in [0.1, 0.15) is 20.3 Å². The van der Waals surface area contributed by atoms with Gasteiger partial charge in [-0.25, -0.2) is 0 Å². The number of carbonyl (C=O) groups excluding carboxylic acids is 1. The Morgan fingerprint density at radius 3 is 2.59 bits per heavy atom. The molecule has 0 atom stereocenters. The molecule has 1 aliphatic heterocycles. The molecular formula is C17H27N3O2. The van der Waals surface area contributed by atoms with Crippen LogP contribution in [-0.4, -0.2) is 56.7 Å². The maximum Gasteiger partial charge on any atom is 0.225 e. The SMILES string of the molecule is CCN(CC)CCC(=O)Nc1ccccc1N1CCOCC1. The number of nitrogens with zero attached hydrogens (tertiary/aromatic N) is 2. The van der Waals surface area contributed by atoms with Gasteiger partial charge >= 0.3 is 0 Å². The molecule has 1 fully saturated rings. The molecule has 22 heavy (non-hydrogen) atoms. The second-order valence-corrected chi connectivity index (χ2v) is 5.44. The van der Waals surface area contributed by atoms with Gasteiger partial charge in [0.05, 0.1) is 24.6 Å². The van der Waals surface area contributed by atoms with E-state index in [0.29, 0.717) is 6.42 Å². The fourth-order valence-electron chi connectivity index (χ4n) is 2.67. The zero-order valence-corrected chi connectivity index (χ0v) is 13.7. The molecule has 1 saturated heterocycles. The Morgan fingerprint density at radius 1 is 1.23 bits per heavy atom. The van der Waals surface area contributed by atoms with Crippen molar-refractivity contribution >= 4 is 17.3 Å². The summed E-state index contributed by atoms with van der Waals surface area (Å²) in [7, 11) is 0. The molecule has 1 heterocycles. The topological polar surface area (TPSA) is 44.8 Å². The minimum absolute atomic E-state index is 0.0765. The van der Waals surface area contributed by atoms with E-state index >= 15 is 0 Å². The molecule has 0 saturated carbocycles. The summed E-state index contributed by atoms with van der Waals surface area (Å²) in [5, 5.41) is 3.06. The van der Waals surface area contributed by atoms with Gasteiger partial charge in [-0.2, -0.15) is 0 Å². The number of morpholine rings is 1. The molecule has 1 amide bonds. The lowest BCUT2D eigenvalue weighted by Gasteiger charge is -2.30. The molecule has 0 spiro atoms. The van der Waals surface area contributed by atoms with Crippen molar-refractivity contribution in [3.05, 3.63) is 24.3 Å². The average Bonchev–Trinajstić information content (AvgIpc) is 2.57. The second-order valence-electron chi connectivity index (χ2n) is 5.44. The molecule has 2 rings (SSSR count). The number of ether oxygens (including phenoxy) is 1. The first kappa shape index (κ1) is 16.8. The van der Waals surface area contributed by atoms with E-state index in [1.54, 1.807) is 0 Å². The van der Waals surface area contributed by atoms with Gasteiger partial charge in [0, 0.05) is 26.1 Å². The molecule has 1 aromatic carbocycles. The highest BCUT2D eigenvalue weighted by molar-refractivity contribution is 5.94. The lowest BCUT2D eigenvalue weighted by atomic mass is 10.2. The molecule has 1 aliphatic rings. The first-order valence-electron chi connectivity index (χ1n) is 8.18. The Hall–Kier alpha value is -1.59. The van der Waals surface area contributed by atoms with Gasteiger partial charge in [-0.3, -0.25) is 4.79 Å². The van der Waals surface area contributed by atoms with Crippen molar-refractivity contribution in [3.63, 3.8) is 0 Å². The standard InChI is InChI=1S/C17H27N3O2/c1-3-19(4-2)10-9-17(21)18-15-7-5-6-8-16(15)20-11-13-22-14-12-20/h5-8H,3-4,9-14H2,1-2H3,(H,18,21). The average molecular weight is 305 g/mol. The smallest absolute Gasteiger partial charge is 0.225 e. The normalized spacial score (nSPS) is 15.1. The third-order valence-electron chi connectivity index (χ3n) is 4.08. The first-order valence-corrected chi connectivity index (χ1v) is 8.18. The van der Waals surface area contributed by atoms with Gasteiger partial charge in [0.15, 0.2) is 0 Å². The van der Waals surface area contributed by atoms with E-state index in [0.717, 1.165) is 57.3 Å². The third kappa shape index (κ3) is 4.71. The first-order chi connectivity index (χ1) is 10.7. The number of carbonyl (C=O) groups is 1. The number of benzene rings is 1. The van der Waals surface area contributed by atoms with Crippen LogP contribution in [0.25, 0.3) is 0 Å². The van der Waals surface area contributed by atoms with Crippen LogP contribution in [0.4, 0.5) is 11.4 Å². The van der Waals surface area contributed by atoms with E-state index in [-0.39, 0.29) is 5.91 Å². The maximum atomic E-state index is 12.2. The van der Waals surface area contributed by atoms with Gasteiger partial charge in [-0.15, -0.1) is 0 Å². The van der Waals surface area contributed by atoms with Crippen LogP contribution in [0.2, 0.25) is 0 Å². The summed E-state index contributed by atoms with van der Waals surface area (Å²) < 4.78 is 5.40. The summed E-state index contributed by atoms with van der Waals surface area (Å²) in [6.07, 6.45) is 0.527.